The number of aliphatic carboxylic acids is 1. The maximum atomic E-state index is 12.7. The average Bonchev–Trinajstić information content (AvgIpc) is 3.09. The first-order valence-corrected chi connectivity index (χ1v) is 8.20. The second-order valence-corrected chi connectivity index (χ2v) is 6.82. The molecule has 0 spiro atoms. The summed E-state index contributed by atoms with van der Waals surface area (Å²) in [6.07, 6.45) is 1.75. The van der Waals surface area contributed by atoms with Crippen molar-refractivity contribution in [1.82, 2.24) is 5.32 Å². The second kappa shape index (κ2) is 6.19. The monoisotopic (exact) mass is 312 g/mol. The lowest BCUT2D eigenvalue weighted by Crippen LogP contribution is -2.45. The fourth-order valence-corrected chi connectivity index (χ4v) is 4.49. The highest BCUT2D eigenvalue weighted by atomic mass is 16.4. The molecule has 0 aromatic heterocycles. The number of carbonyl (C=O) groups is 2. The van der Waals surface area contributed by atoms with E-state index < -0.39 is 17.8 Å². The number of carboxylic acid groups (broad SMARTS) is 1. The molecule has 23 heavy (non-hydrogen) atoms. The topological polar surface area (TPSA) is 69.2 Å². The summed E-state index contributed by atoms with van der Waals surface area (Å²) in [4.78, 5) is 24.3. The predicted molar refractivity (Wildman–Crippen MR) is 84.9 cm³/mol. The Bertz CT molecular complexity index is 646. The Morgan fingerprint density at radius 3 is 2.26 bits per heavy atom. The summed E-state index contributed by atoms with van der Waals surface area (Å²) in [5.41, 5.74) is 3.35. The first-order chi connectivity index (χ1) is 11.0. The minimum atomic E-state index is -1.09. The van der Waals surface area contributed by atoms with E-state index in [-0.39, 0.29) is 17.7 Å². The first-order valence-electron chi connectivity index (χ1n) is 8.20. The molecule has 1 amide bonds. The molecule has 1 N–H and O–H groups in total. The summed E-state index contributed by atoms with van der Waals surface area (Å²) < 4.78 is 0. The van der Waals surface area contributed by atoms with Crippen LogP contribution in [0.3, 0.4) is 0 Å². The van der Waals surface area contributed by atoms with Gasteiger partial charge in [-0.1, -0.05) is 41.5 Å². The molecule has 2 saturated carbocycles. The molecular formula is C19H22NO3-. The molecule has 1 aromatic carbocycles. The molecule has 2 aliphatic carbocycles. The highest BCUT2D eigenvalue weighted by Crippen LogP contribution is 2.56. The van der Waals surface area contributed by atoms with Gasteiger partial charge >= 0.3 is 0 Å². The summed E-state index contributed by atoms with van der Waals surface area (Å²) in [5, 5.41) is 14.6. The van der Waals surface area contributed by atoms with E-state index in [2.05, 4.69) is 5.32 Å². The standard InChI is InChI=1S/C19H23NO3/c1-11(2)15-13-8-9-14(15)17(19(22)23)16(13)18(21)20-10-12-6-4-3-5-7-12/h3-7,13-14,16-17H,8-10H2,1-2H3,(H,20,21)(H,22,23)/p-1/t13-,14+,16-,17+/m1/s1. The Morgan fingerprint density at radius 2 is 1.70 bits per heavy atom. The molecule has 4 heteroatoms. The van der Waals surface area contributed by atoms with Crippen LogP contribution in [0.2, 0.25) is 0 Å². The minimum Gasteiger partial charge on any atom is -0.550 e. The van der Waals surface area contributed by atoms with Crippen molar-refractivity contribution < 1.29 is 14.7 Å². The second-order valence-electron chi connectivity index (χ2n) is 6.82. The van der Waals surface area contributed by atoms with Crippen LogP contribution in [0.15, 0.2) is 41.5 Å². The first kappa shape index (κ1) is 15.8. The quantitative estimate of drug-likeness (QED) is 0.860. The third-order valence-corrected chi connectivity index (χ3v) is 5.30. The Kier molecular flexibility index (Phi) is 4.24. The van der Waals surface area contributed by atoms with E-state index in [1.807, 2.05) is 44.2 Å². The Labute approximate surface area is 136 Å². The van der Waals surface area contributed by atoms with E-state index in [4.69, 9.17) is 0 Å². The fourth-order valence-electron chi connectivity index (χ4n) is 4.49. The molecule has 4 atom stereocenters. The summed E-state index contributed by atoms with van der Waals surface area (Å²) in [6, 6.07) is 9.65. The molecule has 0 aliphatic heterocycles. The molecule has 2 fully saturated rings. The van der Waals surface area contributed by atoms with Crippen LogP contribution in [0.5, 0.6) is 0 Å². The number of fused-ring (bicyclic) bond motifs is 2. The van der Waals surface area contributed by atoms with Crippen LogP contribution >= 0.6 is 0 Å². The van der Waals surface area contributed by atoms with Gasteiger partial charge in [-0.2, -0.15) is 0 Å². The van der Waals surface area contributed by atoms with Crippen LogP contribution in [0.4, 0.5) is 0 Å². The third kappa shape index (κ3) is 2.78. The van der Waals surface area contributed by atoms with Crippen molar-refractivity contribution in [3.63, 3.8) is 0 Å². The van der Waals surface area contributed by atoms with E-state index in [9.17, 15) is 14.7 Å². The van der Waals surface area contributed by atoms with Crippen LogP contribution in [0.25, 0.3) is 0 Å². The number of amides is 1. The van der Waals surface area contributed by atoms with Gasteiger partial charge in [0.1, 0.15) is 0 Å². The predicted octanol–water partition coefficient (Wildman–Crippen LogP) is 1.66. The molecule has 4 nitrogen and oxygen atoms in total. The van der Waals surface area contributed by atoms with E-state index in [1.54, 1.807) is 0 Å². The molecule has 2 aliphatic rings. The SMILES string of the molecule is CC(C)=C1[C@H]2CC[C@@H]1[C@H](C(=O)[O-])[C@@H]2C(=O)NCc1ccccc1. The average molecular weight is 312 g/mol. The number of carbonyl (C=O) groups excluding carboxylic acids is 2. The van der Waals surface area contributed by atoms with Crippen molar-refractivity contribution >= 4 is 11.9 Å². The Hall–Kier alpha value is -2.10. The smallest absolute Gasteiger partial charge is 0.224 e. The van der Waals surface area contributed by atoms with Crippen LogP contribution < -0.4 is 10.4 Å². The molecule has 0 unspecified atom stereocenters. The Balaban J connectivity index is 1.79. The van der Waals surface area contributed by atoms with E-state index in [0.29, 0.717) is 6.54 Å². The largest absolute Gasteiger partial charge is 0.550 e. The lowest BCUT2D eigenvalue weighted by Gasteiger charge is -2.30. The summed E-state index contributed by atoms with van der Waals surface area (Å²) in [6.45, 7) is 4.45. The van der Waals surface area contributed by atoms with E-state index in [1.165, 1.54) is 5.57 Å². The van der Waals surface area contributed by atoms with Crippen molar-refractivity contribution in [1.29, 1.82) is 0 Å². The van der Waals surface area contributed by atoms with Gasteiger partial charge in [0.2, 0.25) is 5.91 Å². The zero-order valence-electron chi connectivity index (χ0n) is 13.5. The van der Waals surface area contributed by atoms with Gasteiger partial charge in [-0.15, -0.1) is 0 Å². The fraction of sp³-hybridized carbons (Fsp3) is 0.474. The lowest BCUT2D eigenvalue weighted by molar-refractivity contribution is -0.314. The Morgan fingerprint density at radius 1 is 1.09 bits per heavy atom. The van der Waals surface area contributed by atoms with Crippen LogP contribution in [-0.4, -0.2) is 11.9 Å². The lowest BCUT2D eigenvalue weighted by atomic mass is 9.78. The van der Waals surface area contributed by atoms with Crippen LogP contribution in [-0.2, 0) is 16.1 Å². The molecule has 2 bridgehead atoms. The number of allylic oxidation sites excluding steroid dienone is 2. The number of benzene rings is 1. The number of rotatable bonds is 4. The zero-order valence-corrected chi connectivity index (χ0v) is 13.5. The molecular weight excluding hydrogens is 290 g/mol. The number of nitrogens with one attached hydrogen (secondary N) is 1. The van der Waals surface area contributed by atoms with Gasteiger partial charge in [0.25, 0.3) is 0 Å². The maximum Gasteiger partial charge on any atom is 0.224 e. The summed E-state index contributed by atoms with van der Waals surface area (Å²) in [5.74, 6) is -2.39. The molecule has 0 saturated heterocycles. The van der Waals surface area contributed by atoms with Crippen LogP contribution in [0, 0.1) is 23.7 Å². The molecule has 3 rings (SSSR count). The third-order valence-electron chi connectivity index (χ3n) is 5.30. The number of carboxylic acids is 1. The van der Waals surface area contributed by atoms with Crippen molar-refractivity contribution in [2.24, 2.45) is 23.7 Å². The van der Waals surface area contributed by atoms with Gasteiger partial charge in [-0.3, -0.25) is 4.79 Å². The molecule has 0 heterocycles. The van der Waals surface area contributed by atoms with Crippen molar-refractivity contribution in [2.45, 2.75) is 33.2 Å². The zero-order chi connectivity index (χ0) is 16.6. The maximum absolute atomic E-state index is 12.7. The van der Waals surface area contributed by atoms with Crippen molar-refractivity contribution in [3.05, 3.63) is 47.0 Å². The van der Waals surface area contributed by atoms with E-state index in [0.717, 1.165) is 24.0 Å². The molecule has 1 aromatic rings. The van der Waals surface area contributed by atoms with Crippen LogP contribution in [0.1, 0.15) is 32.3 Å². The van der Waals surface area contributed by atoms with Crippen molar-refractivity contribution in [2.75, 3.05) is 0 Å². The number of hydrogen-bond acceptors (Lipinski definition) is 3. The van der Waals surface area contributed by atoms with Crippen molar-refractivity contribution in [3.8, 4) is 0 Å². The highest BCUT2D eigenvalue weighted by Gasteiger charge is 2.54. The summed E-state index contributed by atoms with van der Waals surface area (Å²) >= 11 is 0. The van der Waals surface area contributed by atoms with Gasteiger partial charge in [0.05, 0.1) is 5.92 Å². The summed E-state index contributed by atoms with van der Waals surface area (Å²) in [7, 11) is 0. The van der Waals surface area contributed by atoms with Gasteiger partial charge in [-0.25, -0.2) is 0 Å². The minimum absolute atomic E-state index is 0.0255. The number of hydrogen-bond donors (Lipinski definition) is 1. The highest BCUT2D eigenvalue weighted by molar-refractivity contribution is 5.87. The normalized spacial score (nSPS) is 28.7. The molecule has 122 valence electrons. The van der Waals surface area contributed by atoms with Gasteiger partial charge < -0.3 is 15.2 Å². The van der Waals surface area contributed by atoms with Gasteiger partial charge in [-0.05, 0) is 44.1 Å². The molecule has 0 radical (unpaired) electrons. The van der Waals surface area contributed by atoms with Gasteiger partial charge in [0, 0.05) is 18.4 Å². The van der Waals surface area contributed by atoms with E-state index >= 15 is 0 Å². The van der Waals surface area contributed by atoms with Gasteiger partial charge in [0.15, 0.2) is 0 Å².